The number of rotatable bonds is 17. The Bertz CT molecular complexity index is 239. The van der Waals surface area contributed by atoms with Crippen LogP contribution in [0.2, 0.25) is 0 Å². The smallest absolute Gasteiger partial charge is 0.133 e. The Morgan fingerprint density at radius 1 is 0.739 bits per heavy atom. The number of nitrogens with zero attached hydrogens (tertiary/aromatic N) is 2. The van der Waals surface area contributed by atoms with Gasteiger partial charge in [-0.3, -0.25) is 0 Å². The van der Waals surface area contributed by atoms with Crippen molar-refractivity contribution in [2.75, 3.05) is 21.2 Å². The zero-order chi connectivity index (χ0) is 17.3. The normalized spacial score (nSPS) is 13.2. The lowest BCUT2D eigenvalue weighted by molar-refractivity contribution is -0.0655. The summed E-state index contributed by atoms with van der Waals surface area (Å²) in [6, 6.07) is 0. The SMILES string of the molecule is CCCCCCCCCCCCCCCC(OC)N(S)N(C)C. The zero-order valence-electron chi connectivity index (χ0n) is 16.2. The molecular formula is C19H42N2OS. The van der Waals surface area contributed by atoms with Gasteiger partial charge >= 0.3 is 0 Å². The van der Waals surface area contributed by atoms with Gasteiger partial charge in [-0.15, -0.1) is 0 Å². The van der Waals surface area contributed by atoms with Gasteiger partial charge in [-0.2, -0.15) is 4.41 Å². The second-order valence-electron chi connectivity index (χ2n) is 6.89. The molecule has 0 aromatic carbocycles. The summed E-state index contributed by atoms with van der Waals surface area (Å²) < 4.78 is 7.35. The van der Waals surface area contributed by atoms with E-state index in [4.69, 9.17) is 4.74 Å². The molecule has 0 N–H and O–H groups in total. The highest BCUT2D eigenvalue weighted by Crippen LogP contribution is 2.16. The first-order chi connectivity index (χ1) is 11.1. The van der Waals surface area contributed by atoms with E-state index < -0.39 is 0 Å². The van der Waals surface area contributed by atoms with Gasteiger partial charge < -0.3 is 4.74 Å². The Labute approximate surface area is 151 Å². The Kier molecular flexibility index (Phi) is 17.2. The molecule has 0 rings (SSSR count). The van der Waals surface area contributed by atoms with Crippen molar-refractivity contribution in [2.24, 2.45) is 0 Å². The Morgan fingerprint density at radius 3 is 1.48 bits per heavy atom. The van der Waals surface area contributed by atoms with Crippen molar-refractivity contribution in [3.63, 3.8) is 0 Å². The average Bonchev–Trinajstić information content (AvgIpc) is 2.54. The molecule has 140 valence electrons. The lowest BCUT2D eigenvalue weighted by Crippen LogP contribution is -2.38. The van der Waals surface area contributed by atoms with Gasteiger partial charge in [0.25, 0.3) is 0 Å². The third kappa shape index (κ3) is 14.3. The van der Waals surface area contributed by atoms with Crippen LogP contribution in [-0.2, 0) is 4.74 Å². The molecule has 23 heavy (non-hydrogen) atoms. The van der Waals surface area contributed by atoms with Gasteiger partial charge in [-0.25, -0.2) is 5.01 Å². The van der Waals surface area contributed by atoms with Gasteiger partial charge in [0.05, 0.1) is 0 Å². The highest BCUT2D eigenvalue weighted by Gasteiger charge is 2.15. The molecule has 0 aliphatic carbocycles. The zero-order valence-corrected chi connectivity index (χ0v) is 17.1. The van der Waals surface area contributed by atoms with Crippen molar-refractivity contribution in [3.8, 4) is 0 Å². The van der Waals surface area contributed by atoms with E-state index in [-0.39, 0.29) is 6.23 Å². The fraction of sp³-hybridized carbons (Fsp3) is 1.00. The number of thiol groups is 1. The molecule has 3 nitrogen and oxygen atoms in total. The largest absolute Gasteiger partial charge is 0.364 e. The summed E-state index contributed by atoms with van der Waals surface area (Å²) in [5.41, 5.74) is 0. The lowest BCUT2D eigenvalue weighted by atomic mass is 10.0. The number of hydrogen-bond acceptors (Lipinski definition) is 4. The van der Waals surface area contributed by atoms with Crippen molar-refractivity contribution in [1.82, 2.24) is 9.42 Å². The molecule has 0 aromatic rings. The van der Waals surface area contributed by atoms with Crippen LogP contribution in [0.3, 0.4) is 0 Å². The van der Waals surface area contributed by atoms with E-state index >= 15 is 0 Å². The van der Waals surface area contributed by atoms with Crippen LogP contribution in [0.4, 0.5) is 0 Å². The highest BCUT2D eigenvalue weighted by molar-refractivity contribution is 7.77. The second kappa shape index (κ2) is 17.1. The molecule has 0 saturated heterocycles. The minimum atomic E-state index is 0.0843. The van der Waals surface area contributed by atoms with E-state index in [1.807, 2.05) is 23.5 Å². The maximum atomic E-state index is 5.49. The Hall–Kier alpha value is 0.230. The molecule has 1 unspecified atom stereocenters. The predicted octanol–water partition coefficient (Wildman–Crippen LogP) is 6.06. The highest BCUT2D eigenvalue weighted by atomic mass is 32.1. The fourth-order valence-electron chi connectivity index (χ4n) is 2.92. The minimum Gasteiger partial charge on any atom is -0.364 e. The van der Waals surface area contributed by atoms with Crippen molar-refractivity contribution in [3.05, 3.63) is 0 Å². The van der Waals surface area contributed by atoms with Crippen LogP contribution in [0.15, 0.2) is 0 Å². The first kappa shape index (κ1) is 23.2. The Balaban J connectivity index is 3.29. The van der Waals surface area contributed by atoms with Crippen molar-refractivity contribution in [2.45, 2.75) is 103 Å². The molecule has 0 heterocycles. The van der Waals surface area contributed by atoms with Crippen LogP contribution in [0, 0.1) is 0 Å². The predicted molar refractivity (Wildman–Crippen MR) is 106 cm³/mol. The third-order valence-electron chi connectivity index (χ3n) is 4.49. The molecule has 0 aliphatic heterocycles. The van der Waals surface area contributed by atoms with E-state index in [1.165, 1.54) is 83.5 Å². The summed E-state index contributed by atoms with van der Waals surface area (Å²) >= 11 is 4.45. The third-order valence-corrected chi connectivity index (χ3v) is 5.11. The molecule has 0 radical (unpaired) electrons. The quantitative estimate of drug-likeness (QED) is 0.149. The Morgan fingerprint density at radius 2 is 1.13 bits per heavy atom. The fourth-order valence-corrected chi connectivity index (χ4v) is 3.13. The van der Waals surface area contributed by atoms with Crippen LogP contribution in [0.1, 0.15) is 96.8 Å². The second-order valence-corrected chi connectivity index (χ2v) is 7.30. The molecule has 0 aromatic heterocycles. The van der Waals surface area contributed by atoms with Crippen molar-refractivity contribution >= 4 is 12.8 Å². The maximum absolute atomic E-state index is 5.49. The molecule has 0 aliphatic rings. The summed E-state index contributed by atoms with van der Waals surface area (Å²) in [5.74, 6) is 0. The molecule has 0 amide bonds. The summed E-state index contributed by atoms with van der Waals surface area (Å²) in [4.78, 5) is 0. The number of hydrazine groups is 1. The van der Waals surface area contributed by atoms with E-state index in [9.17, 15) is 0 Å². The molecule has 0 saturated carbocycles. The van der Waals surface area contributed by atoms with Gasteiger partial charge in [-0.05, 0) is 12.8 Å². The molecule has 4 heteroatoms. The van der Waals surface area contributed by atoms with Gasteiger partial charge in [0.2, 0.25) is 0 Å². The first-order valence-electron chi connectivity index (χ1n) is 9.81. The van der Waals surface area contributed by atoms with Crippen LogP contribution < -0.4 is 0 Å². The monoisotopic (exact) mass is 346 g/mol. The molecule has 0 fully saturated rings. The summed E-state index contributed by atoms with van der Waals surface area (Å²) in [6.07, 6.45) is 19.3. The van der Waals surface area contributed by atoms with Crippen molar-refractivity contribution in [1.29, 1.82) is 0 Å². The number of methoxy groups -OCH3 is 1. The summed E-state index contributed by atoms with van der Waals surface area (Å²) in [5, 5.41) is 1.96. The van der Waals surface area contributed by atoms with Crippen molar-refractivity contribution < 1.29 is 4.74 Å². The minimum absolute atomic E-state index is 0.0843. The number of unbranched alkanes of at least 4 members (excludes halogenated alkanes) is 12. The van der Waals surface area contributed by atoms with Gasteiger partial charge in [0, 0.05) is 21.2 Å². The lowest BCUT2D eigenvalue weighted by Gasteiger charge is -2.30. The van der Waals surface area contributed by atoms with E-state index in [0.717, 1.165) is 6.42 Å². The van der Waals surface area contributed by atoms with Crippen LogP contribution in [-0.4, -0.2) is 36.9 Å². The van der Waals surface area contributed by atoms with Crippen LogP contribution in [0.5, 0.6) is 0 Å². The molecule has 0 bridgehead atoms. The van der Waals surface area contributed by atoms with Gasteiger partial charge in [0.1, 0.15) is 6.23 Å². The first-order valence-corrected chi connectivity index (χ1v) is 10.2. The summed E-state index contributed by atoms with van der Waals surface area (Å²) in [7, 11) is 5.74. The maximum Gasteiger partial charge on any atom is 0.133 e. The number of ether oxygens (including phenoxy) is 1. The summed E-state index contributed by atoms with van der Waals surface area (Å²) in [6.45, 7) is 2.28. The topological polar surface area (TPSA) is 15.7 Å². The van der Waals surface area contributed by atoms with E-state index in [2.05, 4.69) is 19.7 Å². The van der Waals surface area contributed by atoms with E-state index in [1.54, 1.807) is 7.11 Å². The van der Waals surface area contributed by atoms with Gasteiger partial charge in [0.15, 0.2) is 0 Å². The van der Waals surface area contributed by atoms with Crippen LogP contribution in [0.25, 0.3) is 0 Å². The molecule has 0 spiro atoms. The van der Waals surface area contributed by atoms with E-state index in [0.29, 0.717) is 0 Å². The molecular weight excluding hydrogens is 304 g/mol. The number of hydrogen-bond donors (Lipinski definition) is 1. The standard InChI is InChI=1S/C19H42N2OS/c1-5-6-7-8-9-10-11-12-13-14-15-16-17-18-19(22-4)21(23)20(2)3/h19,23H,5-18H2,1-4H3. The average molecular weight is 347 g/mol. The van der Waals surface area contributed by atoms with Gasteiger partial charge in [-0.1, -0.05) is 96.8 Å². The van der Waals surface area contributed by atoms with Crippen LogP contribution >= 0.6 is 12.8 Å². The molecule has 1 atom stereocenters.